The van der Waals surface area contributed by atoms with E-state index in [2.05, 4.69) is 10.6 Å². The Morgan fingerprint density at radius 2 is 1.68 bits per heavy atom. The molecule has 0 atom stereocenters. The Morgan fingerprint density at radius 1 is 1.04 bits per heavy atom. The van der Waals surface area contributed by atoms with Crippen LogP contribution >= 0.6 is 11.6 Å². The van der Waals surface area contributed by atoms with Crippen LogP contribution in [0.25, 0.3) is 0 Å². The number of para-hydroxylation sites is 1. The zero-order chi connectivity index (χ0) is 18.2. The monoisotopic (exact) mass is 361 g/mol. The molecular formula is C18H20ClN3O3. The topological polar surface area (TPSA) is 70.7 Å². The molecule has 0 aliphatic heterocycles. The predicted octanol–water partition coefficient (Wildman–Crippen LogP) is 2.86. The Kier molecular flexibility index (Phi) is 6.80. The second-order valence-electron chi connectivity index (χ2n) is 5.48. The van der Waals surface area contributed by atoms with Crippen LogP contribution in [0, 0.1) is 0 Å². The Hall–Kier alpha value is -2.57. The van der Waals surface area contributed by atoms with Crippen LogP contribution in [0.2, 0.25) is 5.02 Å². The van der Waals surface area contributed by atoms with E-state index in [0.29, 0.717) is 22.1 Å². The summed E-state index contributed by atoms with van der Waals surface area (Å²) in [7, 11) is 3.21. The highest BCUT2D eigenvalue weighted by atomic mass is 35.5. The van der Waals surface area contributed by atoms with Gasteiger partial charge in [-0.15, -0.1) is 0 Å². The molecule has 0 radical (unpaired) electrons. The fraction of sp³-hybridized carbons (Fsp3) is 0.222. The van der Waals surface area contributed by atoms with Crippen molar-refractivity contribution in [2.45, 2.75) is 0 Å². The largest absolute Gasteiger partial charge is 0.495 e. The zero-order valence-corrected chi connectivity index (χ0v) is 14.8. The molecule has 2 aromatic carbocycles. The van der Waals surface area contributed by atoms with Crippen molar-refractivity contribution in [2.24, 2.45) is 0 Å². The van der Waals surface area contributed by atoms with Crippen LogP contribution < -0.4 is 15.4 Å². The van der Waals surface area contributed by atoms with Crippen LogP contribution in [0.5, 0.6) is 5.75 Å². The first-order valence-corrected chi connectivity index (χ1v) is 8.02. The third-order valence-electron chi connectivity index (χ3n) is 3.32. The quantitative estimate of drug-likeness (QED) is 0.795. The molecule has 0 spiro atoms. The van der Waals surface area contributed by atoms with E-state index in [9.17, 15) is 9.59 Å². The number of hydrogen-bond acceptors (Lipinski definition) is 4. The van der Waals surface area contributed by atoms with E-state index in [4.69, 9.17) is 16.3 Å². The molecule has 0 fully saturated rings. The molecule has 7 heteroatoms. The van der Waals surface area contributed by atoms with E-state index >= 15 is 0 Å². The number of carbonyl (C=O) groups is 2. The van der Waals surface area contributed by atoms with Gasteiger partial charge in [0.05, 0.1) is 25.9 Å². The summed E-state index contributed by atoms with van der Waals surface area (Å²) in [6.45, 7) is 0.146. The fourth-order valence-corrected chi connectivity index (χ4v) is 2.41. The van der Waals surface area contributed by atoms with Gasteiger partial charge < -0.3 is 15.4 Å². The Balaban J connectivity index is 1.86. The number of nitrogens with zero attached hydrogens (tertiary/aromatic N) is 1. The SMILES string of the molecule is COc1ccc(Cl)cc1NC(=O)CN(C)CC(=O)Nc1ccccc1. The van der Waals surface area contributed by atoms with Crippen molar-refractivity contribution in [3.05, 3.63) is 53.6 Å². The second kappa shape index (κ2) is 9.05. The summed E-state index contributed by atoms with van der Waals surface area (Å²) in [6.07, 6.45) is 0. The summed E-state index contributed by atoms with van der Waals surface area (Å²) in [6, 6.07) is 14.1. The van der Waals surface area contributed by atoms with Crippen LogP contribution in [0.3, 0.4) is 0 Å². The van der Waals surface area contributed by atoms with E-state index in [1.54, 1.807) is 42.3 Å². The Bertz CT molecular complexity index is 738. The van der Waals surface area contributed by atoms with Crippen molar-refractivity contribution in [3.63, 3.8) is 0 Å². The maximum absolute atomic E-state index is 12.2. The van der Waals surface area contributed by atoms with Crippen molar-refractivity contribution in [1.82, 2.24) is 4.90 Å². The lowest BCUT2D eigenvalue weighted by molar-refractivity contribution is -0.119. The number of amides is 2. The number of anilines is 2. The molecule has 0 heterocycles. The minimum absolute atomic E-state index is 0.0534. The first kappa shape index (κ1) is 18.8. The molecule has 0 aromatic heterocycles. The lowest BCUT2D eigenvalue weighted by atomic mass is 10.3. The van der Waals surface area contributed by atoms with Crippen molar-refractivity contribution in [2.75, 3.05) is 37.9 Å². The number of halogens is 1. The fourth-order valence-electron chi connectivity index (χ4n) is 2.24. The molecule has 2 rings (SSSR count). The number of likely N-dealkylation sites (N-methyl/N-ethyl adjacent to an activating group) is 1. The molecule has 0 unspecified atom stereocenters. The smallest absolute Gasteiger partial charge is 0.238 e. The Labute approximate surface area is 151 Å². The minimum Gasteiger partial charge on any atom is -0.495 e. The van der Waals surface area contributed by atoms with Crippen LogP contribution in [0.1, 0.15) is 0 Å². The molecule has 0 saturated heterocycles. The van der Waals surface area contributed by atoms with Gasteiger partial charge in [-0.1, -0.05) is 29.8 Å². The third kappa shape index (κ3) is 6.10. The summed E-state index contributed by atoms with van der Waals surface area (Å²) in [5.74, 6) is 0.0552. The molecule has 2 amide bonds. The summed E-state index contributed by atoms with van der Waals surface area (Å²) in [5, 5.41) is 6.00. The number of benzene rings is 2. The zero-order valence-electron chi connectivity index (χ0n) is 14.1. The van der Waals surface area contributed by atoms with Crippen LogP contribution in [0.15, 0.2) is 48.5 Å². The molecule has 0 saturated carbocycles. The molecule has 25 heavy (non-hydrogen) atoms. The molecule has 0 aliphatic carbocycles. The predicted molar refractivity (Wildman–Crippen MR) is 99.2 cm³/mol. The van der Waals surface area contributed by atoms with Crippen LogP contribution in [-0.2, 0) is 9.59 Å². The summed E-state index contributed by atoms with van der Waals surface area (Å²) in [5.41, 5.74) is 1.20. The van der Waals surface area contributed by atoms with Crippen LogP contribution in [0.4, 0.5) is 11.4 Å². The number of rotatable bonds is 7. The summed E-state index contributed by atoms with van der Waals surface area (Å²) >= 11 is 5.94. The van der Waals surface area contributed by atoms with E-state index in [1.807, 2.05) is 18.2 Å². The number of methoxy groups -OCH3 is 1. The maximum Gasteiger partial charge on any atom is 0.238 e. The van der Waals surface area contributed by atoms with Gasteiger partial charge in [-0.3, -0.25) is 14.5 Å². The van der Waals surface area contributed by atoms with Gasteiger partial charge in [-0.05, 0) is 37.4 Å². The van der Waals surface area contributed by atoms with Gasteiger partial charge in [0, 0.05) is 10.7 Å². The lowest BCUT2D eigenvalue weighted by Gasteiger charge is -2.17. The van der Waals surface area contributed by atoms with Crippen molar-refractivity contribution >= 4 is 34.8 Å². The third-order valence-corrected chi connectivity index (χ3v) is 3.56. The average molecular weight is 362 g/mol. The molecular weight excluding hydrogens is 342 g/mol. The van der Waals surface area contributed by atoms with Crippen LogP contribution in [-0.4, -0.2) is 44.0 Å². The highest BCUT2D eigenvalue weighted by Crippen LogP contribution is 2.27. The van der Waals surface area contributed by atoms with E-state index in [-0.39, 0.29) is 24.9 Å². The highest BCUT2D eigenvalue weighted by molar-refractivity contribution is 6.31. The molecule has 132 valence electrons. The minimum atomic E-state index is -0.268. The second-order valence-corrected chi connectivity index (χ2v) is 5.92. The van der Waals surface area contributed by atoms with Crippen molar-refractivity contribution < 1.29 is 14.3 Å². The maximum atomic E-state index is 12.2. The van der Waals surface area contributed by atoms with E-state index in [1.165, 1.54) is 7.11 Å². The average Bonchev–Trinajstić information content (AvgIpc) is 2.55. The first-order chi connectivity index (χ1) is 12.0. The van der Waals surface area contributed by atoms with Gasteiger partial charge in [-0.2, -0.15) is 0 Å². The van der Waals surface area contributed by atoms with Gasteiger partial charge in [0.1, 0.15) is 5.75 Å². The number of ether oxygens (including phenoxy) is 1. The Morgan fingerprint density at radius 3 is 2.32 bits per heavy atom. The number of nitrogens with one attached hydrogen (secondary N) is 2. The van der Waals surface area contributed by atoms with Gasteiger partial charge in [0.15, 0.2) is 0 Å². The normalized spacial score (nSPS) is 10.4. The number of hydrogen-bond donors (Lipinski definition) is 2. The highest BCUT2D eigenvalue weighted by Gasteiger charge is 2.13. The van der Waals surface area contributed by atoms with Crippen molar-refractivity contribution in [1.29, 1.82) is 0 Å². The molecule has 6 nitrogen and oxygen atoms in total. The standard InChI is InChI=1S/C18H20ClN3O3/c1-22(11-17(23)20-14-6-4-3-5-7-14)12-18(24)21-15-10-13(19)8-9-16(15)25-2/h3-10H,11-12H2,1-2H3,(H,20,23)(H,21,24). The summed E-state index contributed by atoms with van der Waals surface area (Å²) < 4.78 is 5.19. The van der Waals surface area contributed by atoms with Gasteiger partial charge >= 0.3 is 0 Å². The number of carbonyl (C=O) groups excluding carboxylic acids is 2. The van der Waals surface area contributed by atoms with Gasteiger partial charge in [0.2, 0.25) is 11.8 Å². The first-order valence-electron chi connectivity index (χ1n) is 7.65. The van der Waals surface area contributed by atoms with Crippen molar-refractivity contribution in [3.8, 4) is 5.75 Å². The molecule has 0 aliphatic rings. The van der Waals surface area contributed by atoms with Gasteiger partial charge in [-0.25, -0.2) is 0 Å². The summed E-state index contributed by atoms with van der Waals surface area (Å²) in [4.78, 5) is 25.8. The molecule has 2 N–H and O–H groups in total. The van der Waals surface area contributed by atoms with E-state index in [0.717, 1.165) is 0 Å². The lowest BCUT2D eigenvalue weighted by Crippen LogP contribution is -2.36. The van der Waals surface area contributed by atoms with Gasteiger partial charge in [0.25, 0.3) is 0 Å². The molecule has 2 aromatic rings. The molecule has 0 bridgehead atoms. The van der Waals surface area contributed by atoms with E-state index < -0.39 is 0 Å².